The van der Waals surface area contributed by atoms with E-state index in [1.807, 2.05) is 30.3 Å². The summed E-state index contributed by atoms with van der Waals surface area (Å²) in [5, 5.41) is 8.54. The molecule has 0 amide bonds. The lowest BCUT2D eigenvalue weighted by atomic mass is 10.1. The van der Waals surface area contributed by atoms with Crippen LogP contribution < -0.4 is 10.7 Å². The Hall–Kier alpha value is -2.63. The lowest BCUT2D eigenvalue weighted by Gasteiger charge is -2.26. The molecule has 32 heavy (non-hydrogen) atoms. The van der Waals surface area contributed by atoms with Gasteiger partial charge in [0.25, 0.3) is 0 Å². The van der Waals surface area contributed by atoms with Crippen LogP contribution in [0.25, 0.3) is 10.9 Å². The second kappa shape index (κ2) is 9.88. The van der Waals surface area contributed by atoms with E-state index >= 15 is 0 Å². The molecule has 0 bridgehead atoms. The van der Waals surface area contributed by atoms with Crippen LogP contribution in [0.15, 0.2) is 64.7 Å². The highest BCUT2D eigenvalue weighted by atomic mass is 35.5. The summed E-state index contributed by atoms with van der Waals surface area (Å²) in [5.41, 5.74) is 4.85. The first kappa shape index (κ1) is 22.6. The quantitative estimate of drug-likeness (QED) is 0.322. The number of benzene rings is 2. The molecule has 8 nitrogen and oxygen atoms in total. The molecule has 0 aliphatic carbocycles. The zero-order valence-electron chi connectivity index (χ0n) is 16.9. The predicted octanol–water partition coefficient (Wildman–Crippen LogP) is 3.23. The molecule has 4 rings (SSSR count). The summed E-state index contributed by atoms with van der Waals surface area (Å²) in [6.07, 6.45) is 3.37. The fourth-order valence-corrected chi connectivity index (χ4v) is 4.95. The molecule has 0 saturated carbocycles. The normalized spacial score (nSPS) is 15.2. The van der Waals surface area contributed by atoms with Crippen LogP contribution in [0.5, 0.6) is 0 Å². The molecule has 1 fully saturated rings. The van der Waals surface area contributed by atoms with Crippen molar-refractivity contribution in [2.24, 2.45) is 5.10 Å². The van der Waals surface area contributed by atoms with Gasteiger partial charge in [0.1, 0.15) is 0 Å². The zero-order chi connectivity index (χ0) is 22.6. The Labute approximate surface area is 196 Å². The maximum absolute atomic E-state index is 12.9. The summed E-state index contributed by atoms with van der Waals surface area (Å²) >= 11 is 11.5. The van der Waals surface area contributed by atoms with Crippen LogP contribution >= 0.6 is 23.8 Å². The lowest BCUT2D eigenvalue weighted by molar-refractivity contribution is 0.0730. The molecule has 0 atom stereocenters. The second-order valence-electron chi connectivity index (χ2n) is 6.94. The fourth-order valence-electron chi connectivity index (χ4n) is 3.19. The van der Waals surface area contributed by atoms with E-state index in [2.05, 4.69) is 20.8 Å². The number of aromatic nitrogens is 1. The number of hydrogen-bond acceptors (Lipinski definition) is 6. The van der Waals surface area contributed by atoms with Crippen LogP contribution in [0.4, 0.5) is 5.69 Å². The third-order valence-corrected chi connectivity index (χ3v) is 7.22. The molecule has 1 aliphatic heterocycles. The molecule has 1 aromatic heterocycles. The molecule has 0 unspecified atom stereocenters. The van der Waals surface area contributed by atoms with Gasteiger partial charge in [-0.15, -0.1) is 0 Å². The van der Waals surface area contributed by atoms with Crippen molar-refractivity contribution in [3.63, 3.8) is 0 Å². The van der Waals surface area contributed by atoms with Crippen molar-refractivity contribution >= 4 is 61.8 Å². The summed E-state index contributed by atoms with van der Waals surface area (Å²) in [6.45, 7) is 1.37. The molecule has 2 aromatic carbocycles. The van der Waals surface area contributed by atoms with E-state index in [9.17, 15) is 8.42 Å². The highest BCUT2D eigenvalue weighted by Gasteiger charge is 2.26. The maximum Gasteiger partial charge on any atom is 0.243 e. The zero-order valence-corrected chi connectivity index (χ0v) is 19.3. The van der Waals surface area contributed by atoms with E-state index in [1.165, 1.54) is 22.5 Å². The molecular formula is C21H20ClN5O3S2. The average molecular weight is 490 g/mol. The molecule has 0 spiro atoms. The highest BCUT2D eigenvalue weighted by Crippen LogP contribution is 2.27. The number of hydrogen-bond donors (Lipinski definition) is 2. The Bertz CT molecular complexity index is 1280. The van der Waals surface area contributed by atoms with Gasteiger partial charge in [-0.25, -0.2) is 8.42 Å². The van der Waals surface area contributed by atoms with Crippen molar-refractivity contribution < 1.29 is 13.2 Å². The number of thiocarbonyl (C=S) groups is 1. The number of morpholine rings is 1. The van der Waals surface area contributed by atoms with E-state index in [1.54, 1.807) is 12.4 Å². The topological polar surface area (TPSA) is 95.9 Å². The van der Waals surface area contributed by atoms with Crippen LogP contribution in [0.1, 0.15) is 5.56 Å². The van der Waals surface area contributed by atoms with Gasteiger partial charge in [0, 0.05) is 24.7 Å². The Morgan fingerprint density at radius 3 is 2.81 bits per heavy atom. The molecule has 2 heterocycles. The minimum atomic E-state index is -3.65. The molecule has 11 heteroatoms. The molecule has 3 aromatic rings. The van der Waals surface area contributed by atoms with E-state index in [0.717, 1.165) is 16.5 Å². The first-order valence-electron chi connectivity index (χ1n) is 9.76. The molecule has 2 N–H and O–H groups in total. The smallest absolute Gasteiger partial charge is 0.243 e. The summed E-state index contributed by atoms with van der Waals surface area (Å²) in [5.74, 6) is 0. The number of fused-ring (bicyclic) bond motifs is 1. The van der Waals surface area contributed by atoms with Crippen LogP contribution in [0, 0.1) is 0 Å². The van der Waals surface area contributed by atoms with Gasteiger partial charge in [0.05, 0.1) is 40.6 Å². The largest absolute Gasteiger partial charge is 0.379 e. The third kappa shape index (κ3) is 5.22. The first-order chi connectivity index (χ1) is 15.4. The number of rotatable bonds is 5. The van der Waals surface area contributed by atoms with E-state index in [0.29, 0.717) is 37.0 Å². The Morgan fingerprint density at radius 2 is 2.00 bits per heavy atom. The summed E-state index contributed by atoms with van der Waals surface area (Å²) in [6, 6.07) is 14.1. The van der Waals surface area contributed by atoms with Crippen molar-refractivity contribution in [1.82, 2.24) is 14.7 Å². The van der Waals surface area contributed by atoms with Gasteiger partial charge >= 0.3 is 0 Å². The molecule has 1 aliphatic rings. The van der Waals surface area contributed by atoms with Gasteiger partial charge in [-0.2, -0.15) is 9.41 Å². The number of ether oxygens (including phenoxy) is 1. The second-order valence-corrected chi connectivity index (χ2v) is 9.69. The number of halogens is 1. The SMILES string of the molecule is O=S(=O)(c1ccc(Cl)c(NC(=S)NN=Cc2ccc3ncccc3c2)c1)N1CCOCC1. The van der Waals surface area contributed by atoms with Crippen LogP contribution in [0.3, 0.4) is 0 Å². The predicted molar refractivity (Wildman–Crippen MR) is 130 cm³/mol. The van der Waals surface area contributed by atoms with Gasteiger partial charge < -0.3 is 10.1 Å². The molecule has 1 saturated heterocycles. The lowest BCUT2D eigenvalue weighted by Crippen LogP contribution is -2.40. The van der Waals surface area contributed by atoms with Crippen LogP contribution in [-0.2, 0) is 14.8 Å². The van der Waals surface area contributed by atoms with Gasteiger partial charge in [0.15, 0.2) is 5.11 Å². The van der Waals surface area contributed by atoms with Crippen molar-refractivity contribution in [3.05, 3.63) is 65.3 Å². The monoisotopic (exact) mass is 489 g/mol. The van der Waals surface area contributed by atoms with Crippen LogP contribution in [-0.4, -0.2) is 55.3 Å². The molecular weight excluding hydrogens is 470 g/mol. The number of sulfonamides is 1. The number of pyridine rings is 1. The first-order valence-corrected chi connectivity index (χ1v) is 12.0. The van der Waals surface area contributed by atoms with Crippen molar-refractivity contribution in [3.8, 4) is 0 Å². The molecule has 0 radical (unpaired) electrons. The standard InChI is InChI=1S/C21H20ClN5O3S2/c22-18-5-4-17(32(28,29)27-8-10-30-11-9-27)13-20(18)25-21(31)26-24-14-15-3-6-19-16(12-15)2-1-7-23-19/h1-7,12-14H,8-11H2,(H2,25,26,31). The van der Waals surface area contributed by atoms with Gasteiger partial charge in [-0.05, 0) is 54.2 Å². The van der Waals surface area contributed by atoms with Crippen molar-refractivity contribution in [2.45, 2.75) is 4.90 Å². The van der Waals surface area contributed by atoms with Gasteiger partial charge in [-0.1, -0.05) is 23.7 Å². The summed E-state index contributed by atoms with van der Waals surface area (Å²) in [4.78, 5) is 4.41. The maximum atomic E-state index is 12.9. The summed E-state index contributed by atoms with van der Waals surface area (Å²) in [7, 11) is -3.65. The summed E-state index contributed by atoms with van der Waals surface area (Å²) < 4.78 is 32.4. The van der Waals surface area contributed by atoms with Crippen molar-refractivity contribution in [1.29, 1.82) is 0 Å². The Balaban J connectivity index is 1.43. The van der Waals surface area contributed by atoms with Crippen LogP contribution in [0.2, 0.25) is 5.02 Å². The minimum absolute atomic E-state index is 0.127. The third-order valence-electron chi connectivity index (χ3n) is 4.80. The number of hydrazone groups is 1. The van der Waals surface area contributed by atoms with E-state index in [-0.39, 0.29) is 10.0 Å². The Morgan fingerprint density at radius 1 is 1.19 bits per heavy atom. The Kier molecular flexibility index (Phi) is 6.97. The average Bonchev–Trinajstić information content (AvgIpc) is 2.81. The van der Waals surface area contributed by atoms with E-state index < -0.39 is 10.0 Å². The van der Waals surface area contributed by atoms with Gasteiger partial charge in [0.2, 0.25) is 10.0 Å². The minimum Gasteiger partial charge on any atom is -0.379 e. The number of nitrogens with zero attached hydrogens (tertiary/aromatic N) is 3. The van der Waals surface area contributed by atoms with Crippen molar-refractivity contribution in [2.75, 3.05) is 31.6 Å². The fraction of sp³-hybridized carbons (Fsp3) is 0.190. The van der Waals surface area contributed by atoms with E-state index in [4.69, 9.17) is 28.6 Å². The van der Waals surface area contributed by atoms with Gasteiger partial charge in [-0.3, -0.25) is 10.4 Å². The highest BCUT2D eigenvalue weighted by molar-refractivity contribution is 7.89. The number of nitrogens with one attached hydrogen (secondary N) is 2. The molecule has 166 valence electrons. The number of anilines is 1.